The number of amides is 1. The van der Waals surface area contributed by atoms with Gasteiger partial charge in [-0.25, -0.2) is 0 Å². The number of rotatable bonds is 2. The third kappa shape index (κ3) is 3.09. The van der Waals surface area contributed by atoms with Gasteiger partial charge < -0.3 is 10.6 Å². The number of benzene rings is 1. The normalized spacial score (nSPS) is 23.1. The maximum Gasteiger partial charge on any atom is 0.253 e. The van der Waals surface area contributed by atoms with E-state index in [0.717, 1.165) is 12.0 Å². The minimum Gasteiger partial charge on any atom is -0.399 e. The van der Waals surface area contributed by atoms with Gasteiger partial charge in [-0.1, -0.05) is 19.8 Å². The van der Waals surface area contributed by atoms with Crippen molar-refractivity contribution in [3.63, 3.8) is 0 Å². The van der Waals surface area contributed by atoms with Gasteiger partial charge in [0.15, 0.2) is 0 Å². The van der Waals surface area contributed by atoms with E-state index in [0.29, 0.717) is 23.2 Å². The third-order valence-electron chi connectivity index (χ3n) is 4.23. The van der Waals surface area contributed by atoms with Crippen molar-refractivity contribution < 1.29 is 4.79 Å². The van der Waals surface area contributed by atoms with Crippen LogP contribution in [0.5, 0.6) is 0 Å². The number of carbonyl (C=O) groups is 1. The molecule has 0 saturated heterocycles. The predicted molar refractivity (Wildman–Crippen MR) is 79.1 cm³/mol. The van der Waals surface area contributed by atoms with Crippen LogP contribution in [-0.2, 0) is 0 Å². The van der Waals surface area contributed by atoms with Crippen LogP contribution in [0.3, 0.4) is 0 Å². The fourth-order valence-corrected chi connectivity index (χ4v) is 3.16. The summed E-state index contributed by atoms with van der Waals surface area (Å²) in [6, 6.07) is 5.95. The first kappa shape index (κ1) is 13.9. The summed E-state index contributed by atoms with van der Waals surface area (Å²) in [5, 5.41) is 0. The molecule has 1 aromatic rings. The molecule has 3 nitrogen and oxygen atoms in total. The number of aryl methyl sites for hydroxylation is 1. The fourth-order valence-electron chi connectivity index (χ4n) is 3.16. The van der Waals surface area contributed by atoms with Gasteiger partial charge in [-0.15, -0.1) is 0 Å². The largest absolute Gasteiger partial charge is 0.399 e. The van der Waals surface area contributed by atoms with Crippen LogP contribution in [0.25, 0.3) is 0 Å². The van der Waals surface area contributed by atoms with Gasteiger partial charge >= 0.3 is 0 Å². The Kier molecular flexibility index (Phi) is 4.13. The van der Waals surface area contributed by atoms with E-state index in [1.165, 1.54) is 19.3 Å². The van der Waals surface area contributed by atoms with Crippen molar-refractivity contribution in [2.75, 3.05) is 12.8 Å². The van der Waals surface area contributed by atoms with Crippen LogP contribution < -0.4 is 5.73 Å². The number of hydrogen-bond donors (Lipinski definition) is 1. The molecule has 0 spiro atoms. The molecule has 2 N–H and O–H groups in total. The summed E-state index contributed by atoms with van der Waals surface area (Å²) in [6.07, 6.45) is 4.85. The molecule has 0 aliphatic heterocycles. The number of anilines is 1. The second kappa shape index (κ2) is 5.64. The summed E-state index contributed by atoms with van der Waals surface area (Å²) in [5.41, 5.74) is 8.23. The molecule has 0 aromatic heterocycles. The highest BCUT2D eigenvalue weighted by atomic mass is 16.2. The third-order valence-corrected chi connectivity index (χ3v) is 4.23. The summed E-state index contributed by atoms with van der Waals surface area (Å²) in [4.78, 5) is 14.5. The fraction of sp³-hybridized carbons (Fsp3) is 0.562. The maximum absolute atomic E-state index is 12.6. The van der Waals surface area contributed by atoms with Crippen molar-refractivity contribution in [2.24, 2.45) is 5.92 Å². The Hall–Kier alpha value is -1.51. The van der Waals surface area contributed by atoms with Crippen LogP contribution in [0.15, 0.2) is 18.2 Å². The van der Waals surface area contributed by atoms with E-state index in [-0.39, 0.29) is 5.91 Å². The standard InChI is InChI=1S/C16H24N2O/c1-11-8-13(10-14(17)9-11)16(19)18(3)15-7-5-4-6-12(15)2/h8-10,12,15H,4-7,17H2,1-3H3. The molecular weight excluding hydrogens is 236 g/mol. The first-order chi connectivity index (χ1) is 8.99. The van der Waals surface area contributed by atoms with Gasteiger partial charge in [-0.3, -0.25) is 4.79 Å². The van der Waals surface area contributed by atoms with Crippen molar-refractivity contribution >= 4 is 11.6 Å². The summed E-state index contributed by atoms with van der Waals surface area (Å²) in [6.45, 7) is 4.22. The maximum atomic E-state index is 12.6. The molecule has 104 valence electrons. The molecule has 1 aliphatic rings. The molecule has 1 aromatic carbocycles. The molecule has 2 atom stereocenters. The Morgan fingerprint density at radius 3 is 2.58 bits per heavy atom. The lowest BCUT2D eigenvalue weighted by atomic mass is 9.85. The van der Waals surface area contributed by atoms with Gasteiger partial charge in [0.25, 0.3) is 5.91 Å². The quantitative estimate of drug-likeness (QED) is 0.830. The number of nitrogens with two attached hydrogens (primary N) is 1. The van der Waals surface area contributed by atoms with Crippen molar-refractivity contribution in [1.29, 1.82) is 0 Å². The molecule has 2 unspecified atom stereocenters. The molecule has 1 aliphatic carbocycles. The SMILES string of the molecule is Cc1cc(N)cc(C(=O)N(C)C2CCCCC2C)c1. The number of carbonyl (C=O) groups excluding carboxylic acids is 1. The van der Waals surface area contributed by atoms with Gasteiger partial charge in [0, 0.05) is 24.3 Å². The summed E-state index contributed by atoms with van der Waals surface area (Å²) >= 11 is 0. The van der Waals surface area contributed by atoms with Gasteiger partial charge in [0.05, 0.1) is 0 Å². The zero-order valence-corrected chi connectivity index (χ0v) is 12.1. The van der Waals surface area contributed by atoms with E-state index in [1.807, 2.05) is 31.0 Å². The smallest absolute Gasteiger partial charge is 0.253 e. The highest BCUT2D eigenvalue weighted by Crippen LogP contribution is 2.28. The first-order valence-corrected chi connectivity index (χ1v) is 7.13. The van der Waals surface area contributed by atoms with Gasteiger partial charge in [-0.2, -0.15) is 0 Å². The summed E-state index contributed by atoms with van der Waals surface area (Å²) < 4.78 is 0. The van der Waals surface area contributed by atoms with Crippen LogP contribution in [0.1, 0.15) is 48.5 Å². The van der Waals surface area contributed by atoms with Crippen LogP contribution in [0.2, 0.25) is 0 Å². The van der Waals surface area contributed by atoms with Gasteiger partial charge in [0.2, 0.25) is 0 Å². The van der Waals surface area contributed by atoms with Crippen LogP contribution in [0, 0.1) is 12.8 Å². The van der Waals surface area contributed by atoms with Crippen LogP contribution >= 0.6 is 0 Å². The minimum absolute atomic E-state index is 0.0918. The summed E-state index contributed by atoms with van der Waals surface area (Å²) in [7, 11) is 1.92. The highest BCUT2D eigenvalue weighted by Gasteiger charge is 2.28. The monoisotopic (exact) mass is 260 g/mol. The lowest BCUT2D eigenvalue weighted by Gasteiger charge is -2.36. The topological polar surface area (TPSA) is 46.3 Å². The molecule has 1 saturated carbocycles. The molecule has 3 heteroatoms. The number of nitrogen functional groups attached to an aromatic ring is 1. The van der Waals surface area contributed by atoms with E-state index < -0.39 is 0 Å². The molecular formula is C16H24N2O. The van der Waals surface area contributed by atoms with Crippen molar-refractivity contribution in [2.45, 2.75) is 45.6 Å². The second-order valence-corrected chi connectivity index (χ2v) is 5.88. The Balaban J connectivity index is 2.18. The van der Waals surface area contributed by atoms with Crippen LogP contribution in [-0.4, -0.2) is 23.9 Å². The van der Waals surface area contributed by atoms with Crippen molar-refractivity contribution in [3.8, 4) is 0 Å². The minimum atomic E-state index is 0.0918. The van der Waals surface area contributed by atoms with Crippen molar-refractivity contribution in [3.05, 3.63) is 29.3 Å². The van der Waals surface area contributed by atoms with E-state index in [1.54, 1.807) is 6.07 Å². The number of hydrogen-bond acceptors (Lipinski definition) is 2. The molecule has 1 amide bonds. The Labute approximate surface area is 115 Å². The zero-order valence-electron chi connectivity index (χ0n) is 12.1. The van der Waals surface area contributed by atoms with E-state index in [9.17, 15) is 4.79 Å². The van der Waals surface area contributed by atoms with Crippen molar-refractivity contribution in [1.82, 2.24) is 4.90 Å². The number of nitrogens with zero attached hydrogens (tertiary/aromatic N) is 1. The van der Waals surface area contributed by atoms with Gasteiger partial charge in [0.1, 0.15) is 0 Å². The molecule has 0 radical (unpaired) electrons. The van der Waals surface area contributed by atoms with E-state index >= 15 is 0 Å². The van der Waals surface area contributed by atoms with E-state index in [4.69, 9.17) is 5.73 Å². The average molecular weight is 260 g/mol. The Morgan fingerprint density at radius 1 is 1.26 bits per heavy atom. The molecule has 0 heterocycles. The Bertz CT molecular complexity index is 450. The van der Waals surface area contributed by atoms with Gasteiger partial charge in [-0.05, 0) is 49.4 Å². The molecule has 19 heavy (non-hydrogen) atoms. The van der Waals surface area contributed by atoms with E-state index in [2.05, 4.69) is 6.92 Å². The predicted octanol–water partition coefficient (Wildman–Crippen LogP) is 3.23. The highest BCUT2D eigenvalue weighted by molar-refractivity contribution is 5.95. The Morgan fingerprint density at radius 2 is 1.95 bits per heavy atom. The first-order valence-electron chi connectivity index (χ1n) is 7.13. The second-order valence-electron chi connectivity index (χ2n) is 5.88. The van der Waals surface area contributed by atoms with Crippen LogP contribution in [0.4, 0.5) is 5.69 Å². The zero-order chi connectivity index (χ0) is 14.0. The lowest BCUT2D eigenvalue weighted by molar-refractivity contribution is 0.0629. The molecule has 1 fully saturated rings. The summed E-state index contributed by atoms with van der Waals surface area (Å²) in [5.74, 6) is 0.680. The molecule has 0 bridgehead atoms. The lowest BCUT2D eigenvalue weighted by Crippen LogP contribution is -2.42. The molecule has 2 rings (SSSR count). The average Bonchev–Trinajstić information content (AvgIpc) is 2.36.